The molecule has 1 rings (SSSR count). The first kappa shape index (κ1) is 16.8. The van der Waals surface area contributed by atoms with Gasteiger partial charge < -0.3 is 20.5 Å². The third-order valence-electron chi connectivity index (χ3n) is 3.71. The summed E-state index contributed by atoms with van der Waals surface area (Å²) in [5, 5.41) is 14.6. The Morgan fingerprint density at radius 3 is 2.60 bits per heavy atom. The first-order valence-corrected chi connectivity index (χ1v) is 7.21. The van der Waals surface area contributed by atoms with Gasteiger partial charge in [0.2, 0.25) is 0 Å². The summed E-state index contributed by atoms with van der Waals surface area (Å²) in [6.45, 7) is 6.83. The molecule has 6 heteroatoms. The largest absolute Gasteiger partial charge is 0.481 e. The molecule has 0 radical (unpaired) electrons. The number of hydrogen-bond acceptors (Lipinski definition) is 3. The number of carboxylic acids is 1. The van der Waals surface area contributed by atoms with Crippen molar-refractivity contribution in [3.63, 3.8) is 0 Å². The van der Waals surface area contributed by atoms with Crippen LogP contribution in [-0.2, 0) is 9.53 Å². The summed E-state index contributed by atoms with van der Waals surface area (Å²) >= 11 is 0. The first-order valence-electron chi connectivity index (χ1n) is 7.21. The normalized spacial score (nSPS) is 24.9. The molecule has 0 bridgehead atoms. The highest BCUT2D eigenvalue weighted by Gasteiger charge is 2.31. The second kappa shape index (κ2) is 7.47. The van der Waals surface area contributed by atoms with Crippen LogP contribution in [0.25, 0.3) is 0 Å². The minimum Gasteiger partial charge on any atom is -0.481 e. The van der Waals surface area contributed by atoms with E-state index in [1.807, 2.05) is 13.8 Å². The average molecular weight is 286 g/mol. The van der Waals surface area contributed by atoms with Crippen molar-refractivity contribution in [3.05, 3.63) is 0 Å². The van der Waals surface area contributed by atoms with Crippen molar-refractivity contribution < 1.29 is 19.4 Å². The van der Waals surface area contributed by atoms with E-state index in [0.717, 1.165) is 19.3 Å². The Labute approximate surface area is 120 Å². The van der Waals surface area contributed by atoms with Crippen molar-refractivity contribution >= 4 is 12.0 Å². The van der Waals surface area contributed by atoms with Crippen molar-refractivity contribution in [3.8, 4) is 0 Å². The van der Waals surface area contributed by atoms with Gasteiger partial charge in [-0.3, -0.25) is 4.79 Å². The Morgan fingerprint density at radius 1 is 1.35 bits per heavy atom. The number of carboxylic acid groups (broad SMARTS) is 1. The quantitative estimate of drug-likeness (QED) is 0.665. The van der Waals surface area contributed by atoms with Crippen LogP contribution in [0.3, 0.4) is 0 Å². The Bertz CT molecular complexity index is 340. The maximum atomic E-state index is 11.8. The smallest absolute Gasteiger partial charge is 0.315 e. The molecule has 116 valence electrons. The number of nitrogens with one attached hydrogen (secondary N) is 2. The van der Waals surface area contributed by atoms with Crippen LogP contribution in [0.1, 0.15) is 46.5 Å². The standard InChI is InChI=1S/C14H26N2O4/c1-10(12(17)18)5-4-6-11(2)15-13(19)16-14(3)7-8-20-9-14/h10-11H,4-9H2,1-3H3,(H,17,18)(H2,15,16,19). The van der Waals surface area contributed by atoms with Gasteiger partial charge in [-0.05, 0) is 33.1 Å². The van der Waals surface area contributed by atoms with Gasteiger partial charge in [0.05, 0.1) is 18.1 Å². The minimum atomic E-state index is -0.766. The molecule has 0 aromatic carbocycles. The number of rotatable bonds is 7. The fourth-order valence-corrected chi connectivity index (χ4v) is 2.23. The molecule has 20 heavy (non-hydrogen) atoms. The van der Waals surface area contributed by atoms with Gasteiger partial charge in [-0.15, -0.1) is 0 Å². The first-order chi connectivity index (χ1) is 9.32. The molecule has 1 aliphatic heterocycles. The van der Waals surface area contributed by atoms with E-state index in [4.69, 9.17) is 9.84 Å². The van der Waals surface area contributed by atoms with Crippen molar-refractivity contribution in [1.29, 1.82) is 0 Å². The zero-order valence-electron chi connectivity index (χ0n) is 12.6. The fraction of sp³-hybridized carbons (Fsp3) is 0.857. The van der Waals surface area contributed by atoms with Crippen LogP contribution in [0.15, 0.2) is 0 Å². The van der Waals surface area contributed by atoms with E-state index in [9.17, 15) is 9.59 Å². The van der Waals surface area contributed by atoms with E-state index in [2.05, 4.69) is 10.6 Å². The molecular weight excluding hydrogens is 260 g/mol. The highest BCUT2D eigenvalue weighted by atomic mass is 16.5. The van der Waals surface area contributed by atoms with Crippen LogP contribution in [0, 0.1) is 5.92 Å². The molecule has 1 fully saturated rings. The lowest BCUT2D eigenvalue weighted by Gasteiger charge is -2.25. The van der Waals surface area contributed by atoms with Crippen LogP contribution in [0.5, 0.6) is 0 Å². The van der Waals surface area contributed by atoms with Crippen LogP contribution >= 0.6 is 0 Å². The van der Waals surface area contributed by atoms with E-state index in [0.29, 0.717) is 19.6 Å². The van der Waals surface area contributed by atoms with Crippen molar-refractivity contribution in [2.75, 3.05) is 13.2 Å². The lowest BCUT2D eigenvalue weighted by Crippen LogP contribution is -2.52. The van der Waals surface area contributed by atoms with E-state index in [1.54, 1.807) is 6.92 Å². The van der Waals surface area contributed by atoms with Gasteiger partial charge in [-0.2, -0.15) is 0 Å². The van der Waals surface area contributed by atoms with Gasteiger partial charge in [0.15, 0.2) is 0 Å². The summed E-state index contributed by atoms with van der Waals surface area (Å²) in [5.74, 6) is -1.09. The SMILES string of the molecule is CC(CCCC(C)C(=O)O)NC(=O)NC1(C)CCOC1. The van der Waals surface area contributed by atoms with Crippen molar-refractivity contribution in [2.45, 2.75) is 58.0 Å². The summed E-state index contributed by atoms with van der Waals surface area (Å²) in [5.41, 5.74) is -0.276. The number of ether oxygens (including phenoxy) is 1. The van der Waals surface area contributed by atoms with E-state index in [-0.39, 0.29) is 23.5 Å². The third-order valence-corrected chi connectivity index (χ3v) is 3.71. The molecule has 0 saturated carbocycles. The predicted octanol–water partition coefficient (Wildman–Crippen LogP) is 1.74. The Hall–Kier alpha value is -1.30. The Morgan fingerprint density at radius 2 is 2.05 bits per heavy atom. The Balaban J connectivity index is 2.19. The highest BCUT2D eigenvalue weighted by molar-refractivity contribution is 5.75. The molecule has 0 aromatic rings. The number of carbonyl (C=O) groups is 2. The molecule has 6 nitrogen and oxygen atoms in total. The van der Waals surface area contributed by atoms with Crippen LogP contribution in [0.4, 0.5) is 4.79 Å². The van der Waals surface area contributed by atoms with Gasteiger partial charge in [0, 0.05) is 12.6 Å². The maximum absolute atomic E-state index is 11.8. The summed E-state index contributed by atoms with van der Waals surface area (Å²) in [4.78, 5) is 22.5. The van der Waals surface area contributed by atoms with E-state index in [1.165, 1.54) is 0 Å². The van der Waals surface area contributed by atoms with Crippen molar-refractivity contribution in [2.24, 2.45) is 5.92 Å². The highest BCUT2D eigenvalue weighted by Crippen LogP contribution is 2.17. The van der Waals surface area contributed by atoms with Gasteiger partial charge >= 0.3 is 12.0 Å². The minimum absolute atomic E-state index is 0.0296. The van der Waals surface area contributed by atoms with Gasteiger partial charge in [0.1, 0.15) is 0 Å². The average Bonchev–Trinajstić information content (AvgIpc) is 2.74. The summed E-state index contributed by atoms with van der Waals surface area (Å²) in [6, 6.07) is -0.154. The molecule has 2 amide bonds. The van der Waals surface area contributed by atoms with E-state index < -0.39 is 5.97 Å². The summed E-state index contributed by atoms with van der Waals surface area (Å²) in [7, 11) is 0. The molecule has 0 spiro atoms. The lowest BCUT2D eigenvalue weighted by atomic mass is 10.0. The van der Waals surface area contributed by atoms with Gasteiger partial charge in [-0.1, -0.05) is 13.3 Å². The predicted molar refractivity (Wildman–Crippen MR) is 75.6 cm³/mol. The number of urea groups is 1. The monoisotopic (exact) mass is 286 g/mol. The number of hydrogen-bond donors (Lipinski definition) is 3. The second-order valence-corrected chi connectivity index (χ2v) is 6.03. The van der Waals surface area contributed by atoms with Crippen LogP contribution in [-0.4, -0.2) is 41.9 Å². The molecule has 0 aromatic heterocycles. The molecule has 3 N–H and O–H groups in total. The molecule has 1 heterocycles. The third kappa shape index (κ3) is 5.77. The van der Waals surface area contributed by atoms with Gasteiger partial charge in [-0.25, -0.2) is 4.79 Å². The Kier molecular flexibility index (Phi) is 6.26. The molecule has 3 atom stereocenters. The topological polar surface area (TPSA) is 87.7 Å². The maximum Gasteiger partial charge on any atom is 0.315 e. The number of amides is 2. The summed E-state index contributed by atoms with van der Waals surface area (Å²) < 4.78 is 5.28. The summed E-state index contributed by atoms with van der Waals surface area (Å²) in [6.07, 6.45) is 3.02. The number of carbonyl (C=O) groups excluding carboxylic acids is 1. The molecule has 0 aliphatic carbocycles. The zero-order valence-corrected chi connectivity index (χ0v) is 12.6. The molecule has 3 unspecified atom stereocenters. The molecule has 1 saturated heterocycles. The second-order valence-electron chi connectivity index (χ2n) is 6.03. The molecule has 1 aliphatic rings. The van der Waals surface area contributed by atoms with Crippen molar-refractivity contribution in [1.82, 2.24) is 10.6 Å². The lowest BCUT2D eigenvalue weighted by molar-refractivity contribution is -0.141. The number of aliphatic carboxylic acids is 1. The fourth-order valence-electron chi connectivity index (χ4n) is 2.23. The van der Waals surface area contributed by atoms with Crippen LogP contribution in [0.2, 0.25) is 0 Å². The van der Waals surface area contributed by atoms with Crippen LogP contribution < -0.4 is 10.6 Å². The zero-order chi connectivity index (χ0) is 15.2. The van der Waals surface area contributed by atoms with E-state index >= 15 is 0 Å². The van der Waals surface area contributed by atoms with Gasteiger partial charge in [0.25, 0.3) is 0 Å². The molecular formula is C14H26N2O4.